The molecule has 0 aliphatic heterocycles. The average Bonchev–Trinajstić information content (AvgIpc) is 3.25. The number of nitrogens with one attached hydrogen (secondary N) is 1. The molecule has 180 valence electrons. The van der Waals surface area contributed by atoms with Crippen LogP contribution >= 0.6 is 11.3 Å². The van der Waals surface area contributed by atoms with Gasteiger partial charge in [0.1, 0.15) is 0 Å². The number of aromatic nitrogens is 1. The van der Waals surface area contributed by atoms with Crippen LogP contribution in [0.5, 0.6) is 0 Å². The largest absolute Gasteiger partial charge is 0.356 e. The zero-order chi connectivity index (χ0) is 24.7. The number of ketones is 1. The topological polar surface area (TPSA) is 96.4 Å². The number of rotatable bonds is 11. The van der Waals surface area contributed by atoms with Crippen molar-refractivity contribution in [2.45, 2.75) is 38.0 Å². The molecule has 7 nitrogen and oxygen atoms in total. The molecule has 3 rings (SSSR count). The van der Waals surface area contributed by atoms with E-state index in [2.05, 4.69) is 10.3 Å². The van der Waals surface area contributed by atoms with Crippen LogP contribution in [0.4, 0.5) is 0 Å². The summed E-state index contributed by atoms with van der Waals surface area (Å²) in [6, 6.07) is 14.0. The number of hydrogen-bond donors (Lipinski definition) is 1. The first-order valence-electron chi connectivity index (χ1n) is 11.0. The third-order valence-corrected chi connectivity index (χ3v) is 8.10. The molecule has 0 aliphatic carbocycles. The number of amides is 1. The first-order valence-corrected chi connectivity index (χ1v) is 13.3. The molecule has 0 fully saturated rings. The van der Waals surface area contributed by atoms with Gasteiger partial charge in [-0.2, -0.15) is 0 Å². The molecule has 0 unspecified atom stereocenters. The molecule has 0 bridgehead atoms. The summed E-state index contributed by atoms with van der Waals surface area (Å²) in [5.74, 6) is -0.225. The Bertz CT molecular complexity index is 1230. The zero-order valence-electron chi connectivity index (χ0n) is 19.6. The molecular formula is C25H29N3O4S2. The molecule has 0 saturated heterocycles. The van der Waals surface area contributed by atoms with Gasteiger partial charge in [0.05, 0.1) is 15.6 Å². The van der Waals surface area contributed by atoms with E-state index in [4.69, 9.17) is 0 Å². The van der Waals surface area contributed by atoms with Crippen molar-refractivity contribution >= 4 is 33.1 Å². The highest BCUT2D eigenvalue weighted by Crippen LogP contribution is 2.22. The Morgan fingerprint density at radius 1 is 1.06 bits per heavy atom. The van der Waals surface area contributed by atoms with Crippen molar-refractivity contribution in [3.05, 3.63) is 70.0 Å². The molecule has 2 aromatic carbocycles. The second kappa shape index (κ2) is 11.5. The number of nitrogens with zero attached hydrogens (tertiary/aromatic N) is 2. The summed E-state index contributed by atoms with van der Waals surface area (Å²) in [6.07, 6.45) is 1.37. The van der Waals surface area contributed by atoms with Crippen molar-refractivity contribution in [2.24, 2.45) is 0 Å². The van der Waals surface area contributed by atoms with Crippen molar-refractivity contribution in [1.29, 1.82) is 0 Å². The van der Waals surface area contributed by atoms with Crippen LogP contribution in [-0.2, 0) is 21.2 Å². The lowest BCUT2D eigenvalue weighted by atomic mass is 10.1. The number of thiazole rings is 1. The summed E-state index contributed by atoms with van der Waals surface area (Å²) < 4.78 is 26.6. The van der Waals surface area contributed by atoms with Crippen LogP contribution in [0, 0.1) is 6.92 Å². The lowest BCUT2D eigenvalue weighted by Crippen LogP contribution is -2.30. The number of carbonyl (C=O) groups is 2. The molecule has 0 atom stereocenters. The number of carbonyl (C=O) groups excluding carboxylic acids is 2. The Labute approximate surface area is 204 Å². The van der Waals surface area contributed by atoms with E-state index in [9.17, 15) is 18.0 Å². The van der Waals surface area contributed by atoms with Gasteiger partial charge in [-0.1, -0.05) is 36.4 Å². The SMILES string of the molecule is CC(=O)c1ccc(S(=O)(=O)N(C)CCCC(=O)NCCc2ccc(-c3csc(C)n3)cc2)cc1. The third kappa shape index (κ3) is 6.82. The van der Waals surface area contributed by atoms with Gasteiger partial charge in [-0.3, -0.25) is 9.59 Å². The van der Waals surface area contributed by atoms with Crippen molar-refractivity contribution in [1.82, 2.24) is 14.6 Å². The fourth-order valence-electron chi connectivity index (χ4n) is 3.40. The Balaban J connectivity index is 1.39. The molecular weight excluding hydrogens is 470 g/mol. The van der Waals surface area contributed by atoms with E-state index in [1.54, 1.807) is 11.3 Å². The van der Waals surface area contributed by atoms with Crippen LogP contribution < -0.4 is 5.32 Å². The summed E-state index contributed by atoms with van der Waals surface area (Å²) in [5, 5.41) is 5.97. The number of Topliss-reactive ketones (excluding diaryl/α,β-unsaturated/α-hetero) is 1. The lowest BCUT2D eigenvalue weighted by molar-refractivity contribution is -0.121. The summed E-state index contributed by atoms with van der Waals surface area (Å²) in [4.78, 5) is 28.1. The number of sulfonamides is 1. The van der Waals surface area contributed by atoms with Crippen LogP contribution in [-0.4, -0.2) is 49.5 Å². The second-order valence-electron chi connectivity index (χ2n) is 8.06. The molecule has 0 spiro atoms. The summed E-state index contributed by atoms with van der Waals surface area (Å²) in [7, 11) is -2.18. The number of hydrogen-bond acceptors (Lipinski definition) is 6. The maximum absolute atomic E-state index is 12.7. The molecule has 34 heavy (non-hydrogen) atoms. The maximum Gasteiger partial charge on any atom is 0.242 e. The van der Waals surface area contributed by atoms with Crippen LogP contribution in [0.2, 0.25) is 0 Å². The van der Waals surface area contributed by atoms with Crippen molar-refractivity contribution in [2.75, 3.05) is 20.1 Å². The van der Waals surface area contributed by atoms with E-state index in [0.29, 0.717) is 24.9 Å². The summed E-state index contributed by atoms with van der Waals surface area (Å²) >= 11 is 1.62. The third-order valence-electron chi connectivity index (χ3n) is 5.45. The van der Waals surface area contributed by atoms with Gasteiger partial charge in [-0.05, 0) is 44.4 Å². The van der Waals surface area contributed by atoms with Gasteiger partial charge in [-0.15, -0.1) is 11.3 Å². The van der Waals surface area contributed by atoms with E-state index in [-0.39, 0.29) is 29.6 Å². The molecule has 1 amide bonds. The minimum atomic E-state index is -3.67. The Kier molecular flexibility index (Phi) is 8.71. The van der Waals surface area contributed by atoms with Gasteiger partial charge in [0.2, 0.25) is 15.9 Å². The Hall–Kier alpha value is -2.88. The molecule has 1 heterocycles. The van der Waals surface area contributed by atoms with Gasteiger partial charge in [-0.25, -0.2) is 17.7 Å². The first kappa shape index (κ1) is 25.7. The van der Waals surface area contributed by atoms with Crippen LogP contribution in [0.3, 0.4) is 0 Å². The minimum Gasteiger partial charge on any atom is -0.356 e. The normalized spacial score (nSPS) is 11.5. The lowest BCUT2D eigenvalue weighted by Gasteiger charge is -2.17. The number of benzene rings is 2. The Morgan fingerprint density at radius 3 is 2.32 bits per heavy atom. The monoisotopic (exact) mass is 499 g/mol. The predicted octanol–water partition coefficient (Wildman–Crippen LogP) is 4.08. The van der Waals surface area contributed by atoms with Crippen molar-refractivity contribution in [3.8, 4) is 11.3 Å². The maximum atomic E-state index is 12.7. The number of aryl methyl sites for hydroxylation is 1. The van der Waals surface area contributed by atoms with Crippen LogP contribution in [0.15, 0.2) is 58.8 Å². The van der Waals surface area contributed by atoms with E-state index in [1.165, 1.54) is 42.5 Å². The van der Waals surface area contributed by atoms with Crippen LogP contribution in [0.25, 0.3) is 11.3 Å². The van der Waals surface area contributed by atoms with Gasteiger partial charge in [0, 0.05) is 43.1 Å². The standard InChI is InChI=1S/C25H29N3O4S2/c1-18(29)21-10-12-23(13-11-21)34(31,32)28(3)16-4-5-25(30)26-15-14-20-6-8-22(9-7-20)24-17-33-19(2)27-24/h6-13,17H,4-5,14-16H2,1-3H3,(H,26,30). The smallest absolute Gasteiger partial charge is 0.242 e. The summed E-state index contributed by atoms with van der Waals surface area (Å²) in [5.41, 5.74) is 3.63. The zero-order valence-corrected chi connectivity index (χ0v) is 21.2. The highest BCUT2D eigenvalue weighted by Gasteiger charge is 2.20. The van der Waals surface area contributed by atoms with Gasteiger partial charge >= 0.3 is 0 Å². The molecule has 0 saturated carbocycles. The van der Waals surface area contributed by atoms with Gasteiger partial charge in [0.15, 0.2) is 5.78 Å². The van der Waals surface area contributed by atoms with Crippen molar-refractivity contribution < 1.29 is 18.0 Å². The molecule has 0 aliphatic rings. The van der Waals surface area contributed by atoms with Gasteiger partial charge in [0.25, 0.3) is 0 Å². The van der Waals surface area contributed by atoms with E-state index >= 15 is 0 Å². The molecule has 3 aromatic rings. The highest BCUT2D eigenvalue weighted by molar-refractivity contribution is 7.89. The average molecular weight is 500 g/mol. The molecule has 0 radical (unpaired) electrons. The molecule has 1 aromatic heterocycles. The first-order chi connectivity index (χ1) is 16.2. The van der Waals surface area contributed by atoms with E-state index < -0.39 is 10.0 Å². The molecule has 9 heteroatoms. The molecule has 1 N–H and O–H groups in total. The summed E-state index contributed by atoms with van der Waals surface area (Å²) in [6.45, 7) is 4.16. The highest BCUT2D eigenvalue weighted by atomic mass is 32.2. The fourth-order valence-corrected chi connectivity index (χ4v) is 5.23. The predicted molar refractivity (Wildman–Crippen MR) is 134 cm³/mol. The van der Waals surface area contributed by atoms with E-state index in [1.807, 2.05) is 36.6 Å². The quantitative estimate of drug-likeness (QED) is 0.401. The van der Waals surface area contributed by atoms with Crippen molar-refractivity contribution in [3.63, 3.8) is 0 Å². The van der Waals surface area contributed by atoms with Crippen LogP contribution in [0.1, 0.15) is 40.7 Å². The fraction of sp³-hybridized carbons (Fsp3) is 0.320. The minimum absolute atomic E-state index is 0.105. The second-order valence-corrected chi connectivity index (χ2v) is 11.2. The van der Waals surface area contributed by atoms with Gasteiger partial charge < -0.3 is 5.32 Å². The van der Waals surface area contributed by atoms with E-state index in [0.717, 1.165) is 21.8 Å². The Morgan fingerprint density at radius 2 is 1.74 bits per heavy atom.